The summed E-state index contributed by atoms with van der Waals surface area (Å²) in [5, 5.41) is 14.8. The average Bonchev–Trinajstić information content (AvgIpc) is 3.14. The Bertz CT molecular complexity index is 621. The molecule has 1 aliphatic heterocycles. The summed E-state index contributed by atoms with van der Waals surface area (Å²) in [5.41, 5.74) is 0. The van der Waals surface area contributed by atoms with E-state index in [9.17, 15) is 4.79 Å². The fraction of sp³-hybridized carbons (Fsp3) is 0.667. The Hall–Kier alpha value is -2.58. The lowest BCUT2D eigenvalue weighted by molar-refractivity contribution is 0.0963. The van der Waals surface area contributed by atoms with Crippen molar-refractivity contribution >= 4 is 12.1 Å². The van der Waals surface area contributed by atoms with Crippen molar-refractivity contribution in [2.24, 2.45) is 4.99 Å². The molecule has 9 heteroatoms. The molecule has 9 nitrogen and oxygen atoms in total. The molecule has 0 aromatic carbocycles. The molecule has 0 unspecified atom stereocenters. The van der Waals surface area contributed by atoms with Crippen LogP contribution < -0.4 is 10.6 Å². The predicted molar refractivity (Wildman–Crippen MR) is 105 cm³/mol. The summed E-state index contributed by atoms with van der Waals surface area (Å²) in [4.78, 5) is 18.2. The monoisotopic (exact) mass is 377 g/mol. The van der Waals surface area contributed by atoms with Crippen LogP contribution in [0.15, 0.2) is 24.0 Å². The summed E-state index contributed by atoms with van der Waals surface area (Å²) in [7, 11) is 0. The summed E-state index contributed by atoms with van der Waals surface area (Å²) >= 11 is 0. The summed E-state index contributed by atoms with van der Waals surface area (Å²) < 4.78 is 7.09. The number of rotatable bonds is 8. The fourth-order valence-corrected chi connectivity index (χ4v) is 2.94. The molecule has 1 amide bonds. The molecule has 2 N–H and O–H groups in total. The number of likely N-dealkylation sites (tertiary alicyclic amines) is 1. The largest absolute Gasteiger partial charge is 0.450 e. The second-order valence-electron chi connectivity index (χ2n) is 6.30. The number of aromatic nitrogens is 3. The number of guanidine groups is 1. The Labute approximate surface area is 160 Å². The number of piperidine rings is 1. The van der Waals surface area contributed by atoms with E-state index >= 15 is 0 Å². The molecular formula is C18H31N7O2. The lowest BCUT2D eigenvalue weighted by Crippen LogP contribution is -2.50. The van der Waals surface area contributed by atoms with Crippen molar-refractivity contribution in [3.8, 4) is 0 Å². The van der Waals surface area contributed by atoms with Gasteiger partial charge in [-0.05, 0) is 19.8 Å². The molecule has 0 aliphatic carbocycles. The number of carbonyl (C=O) groups excluding carboxylic acids is 1. The first-order valence-electron chi connectivity index (χ1n) is 9.62. The second-order valence-corrected chi connectivity index (χ2v) is 6.30. The van der Waals surface area contributed by atoms with Crippen LogP contribution in [-0.4, -0.2) is 70.5 Å². The molecule has 0 saturated carbocycles. The Kier molecular flexibility index (Phi) is 8.60. The molecule has 150 valence electrons. The van der Waals surface area contributed by atoms with E-state index in [1.54, 1.807) is 17.3 Å². The van der Waals surface area contributed by atoms with Crippen LogP contribution in [0.2, 0.25) is 0 Å². The third kappa shape index (κ3) is 6.58. The minimum absolute atomic E-state index is 0.227. The summed E-state index contributed by atoms with van der Waals surface area (Å²) in [6.07, 6.45) is 5.88. The summed E-state index contributed by atoms with van der Waals surface area (Å²) in [6, 6.07) is 0.271. The first-order valence-corrected chi connectivity index (χ1v) is 9.62. The zero-order valence-corrected chi connectivity index (χ0v) is 16.4. The molecule has 1 fully saturated rings. The highest BCUT2D eigenvalue weighted by Gasteiger charge is 2.24. The number of nitrogens with one attached hydrogen (secondary N) is 2. The van der Waals surface area contributed by atoms with Crippen LogP contribution in [0.1, 0.15) is 32.5 Å². The maximum atomic E-state index is 11.8. The maximum absolute atomic E-state index is 11.8. The van der Waals surface area contributed by atoms with Gasteiger partial charge in [-0.3, -0.25) is 4.99 Å². The van der Waals surface area contributed by atoms with Crippen molar-refractivity contribution in [1.29, 1.82) is 0 Å². The third-order valence-electron chi connectivity index (χ3n) is 4.40. The van der Waals surface area contributed by atoms with Gasteiger partial charge in [-0.15, -0.1) is 16.8 Å². The smallest absolute Gasteiger partial charge is 0.409 e. The predicted octanol–water partition coefficient (Wildman–Crippen LogP) is 1.18. The number of amides is 1. The minimum Gasteiger partial charge on any atom is -0.450 e. The van der Waals surface area contributed by atoms with Gasteiger partial charge in [0.15, 0.2) is 5.96 Å². The average molecular weight is 377 g/mol. The van der Waals surface area contributed by atoms with Crippen molar-refractivity contribution in [3.05, 3.63) is 24.8 Å². The van der Waals surface area contributed by atoms with Gasteiger partial charge in [0, 0.05) is 38.6 Å². The molecule has 0 bridgehead atoms. The Balaban J connectivity index is 1.85. The molecule has 1 aromatic heterocycles. The second kappa shape index (κ2) is 11.2. The minimum atomic E-state index is -0.227. The van der Waals surface area contributed by atoms with Crippen LogP contribution in [0.25, 0.3) is 0 Å². The number of aryl methyl sites for hydroxylation is 1. The third-order valence-corrected chi connectivity index (χ3v) is 4.40. The van der Waals surface area contributed by atoms with E-state index in [0.717, 1.165) is 37.6 Å². The molecule has 2 rings (SSSR count). The summed E-state index contributed by atoms with van der Waals surface area (Å²) in [6.45, 7) is 11.4. The highest BCUT2D eigenvalue weighted by Crippen LogP contribution is 2.11. The van der Waals surface area contributed by atoms with Crippen LogP contribution in [-0.2, 0) is 17.7 Å². The highest BCUT2D eigenvalue weighted by molar-refractivity contribution is 5.80. The van der Waals surface area contributed by atoms with Gasteiger partial charge in [0.1, 0.15) is 12.2 Å². The SMILES string of the molecule is C=CCNC(=NCCn1cnnc1CC)NC1CCN(C(=O)OCC)CC1. The lowest BCUT2D eigenvalue weighted by Gasteiger charge is -2.32. The van der Waals surface area contributed by atoms with Gasteiger partial charge >= 0.3 is 6.09 Å². The number of nitrogens with zero attached hydrogens (tertiary/aromatic N) is 5. The number of ether oxygens (including phenoxy) is 1. The van der Waals surface area contributed by atoms with Gasteiger partial charge in [0.25, 0.3) is 0 Å². The van der Waals surface area contributed by atoms with Gasteiger partial charge in [0.2, 0.25) is 0 Å². The van der Waals surface area contributed by atoms with Gasteiger partial charge in [0.05, 0.1) is 13.2 Å². The standard InChI is InChI=1S/C18H31N7O2/c1-4-9-19-17(20-10-13-25-14-21-23-16(25)5-2)22-15-7-11-24(12-8-15)18(26)27-6-3/h4,14-15H,1,5-13H2,2-3H3,(H2,19,20,22). The Morgan fingerprint density at radius 3 is 2.89 bits per heavy atom. The first kappa shape index (κ1) is 20.7. The van der Waals surface area contributed by atoms with Crippen LogP contribution in [0.5, 0.6) is 0 Å². The van der Waals surface area contributed by atoms with E-state index in [1.807, 2.05) is 11.5 Å². The van der Waals surface area contributed by atoms with Crippen LogP contribution >= 0.6 is 0 Å². The molecule has 0 radical (unpaired) electrons. The quantitative estimate of drug-likeness (QED) is 0.401. The van der Waals surface area contributed by atoms with Crippen molar-refractivity contribution in [2.45, 2.75) is 45.7 Å². The maximum Gasteiger partial charge on any atom is 0.409 e. The number of hydrogen-bond acceptors (Lipinski definition) is 5. The van der Waals surface area contributed by atoms with Crippen molar-refractivity contribution in [1.82, 2.24) is 30.3 Å². The van der Waals surface area contributed by atoms with Crippen LogP contribution in [0.4, 0.5) is 4.79 Å². The van der Waals surface area contributed by atoms with Gasteiger partial charge in [-0.25, -0.2) is 4.79 Å². The zero-order chi connectivity index (χ0) is 19.5. The van der Waals surface area contributed by atoms with Crippen molar-refractivity contribution in [2.75, 3.05) is 32.8 Å². The Morgan fingerprint density at radius 2 is 2.22 bits per heavy atom. The highest BCUT2D eigenvalue weighted by atomic mass is 16.6. The molecular weight excluding hydrogens is 346 g/mol. The van der Waals surface area contributed by atoms with Gasteiger partial charge < -0.3 is 24.8 Å². The van der Waals surface area contributed by atoms with Crippen LogP contribution in [0.3, 0.4) is 0 Å². The van der Waals surface area contributed by atoms with E-state index in [4.69, 9.17) is 4.74 Å². The lowest BCUT2D eigenvalue weighted by atomic mass is 10.1. The Morgan fingerprint density at radius 1 is 1.44 bits per heavy atom. The van der Waals surface area contributed by atoms with Gasteiger partial charge in [-0.2, -0.15) is 0 Å². The molecule has 0 atom stereocenters. The first-order chi connectivity index (χ1) is 13.2. The fourth-order valence-electron chi connectivity index (χ4n) is 2.94. The van der Waals surface area contributed by atoms with E-state index in [2.05, 4.69) is 39.3 Å². The number of carbonyl (C=O) groups is 1. The normalized spacial score (nSPS) is 15.5. The van der Waals surface area contributed by atoms with E-state index in [-0.39, 0.29) is 12.1 Å². The molecule has 1 aromatic rings. The van der Waals surface area contributed by atoms with E-state index in [0.29, 0.717) is 32.8 Å². The molecule has 27 heavy (non-hydrogen) atoms. The van der Waals surface area contributed by atoms with E-state index < -0.39 is 0 Å². The molecule has 0 spiro atoms. The van der Waals surface area contributed by atoms with Crippen molar-refractivity contribution < 1.29 is 9.53 Å². The molecule has 1 aliphatic rings. The van der Waals surface area contributed by atoms with Gasteiger partial charge in [-0.1, -0.05) is 13.0 Å². The molecule has 2 heterocycles. The van der Waals surface area contributed by atoms with Crippen LogP contribution in [0, 0.1) is 0 Å². The van der Waals surface area contributed by atoms with E-state index in [1.165, 1.54) is 0 Å². The number of hydrogen-bond donors (Lipinski definition) is 2. The summed E-state index contributed by atoms with van der Waals surface area (Å²) in [5.74, 6) is 1.72. The van der Waals surface area contributed by atoms with Crippen molar-refractivity contribution in [3.63, 3.8) is 0 Å². The topological polar surface area (TPSA) is 96.7 Å². The number of aliphatic imine (C=N–C) groups is 1. The zero-order valence-electron chi connectivity index (χ0n) is 16.4. The molecule has 1 saturated heterocycles.